The molecule has 72 valence electrons. The van der Waals surface area contributed by atoms with Crippen LogP contribution in [0.15, 0.2) is 0 Å². The van der Waals surface area contributed by atoms with E-state index in [-0.39, 0.29) is 0 Å². The Labute approximate surface area is 79.5 Å². The molecule has 0 aliphatic carbocycles. The molecule has 0 radical (unpaired) electrons. The predicted molar refractivity (Wildman–Crippen MR) is 54.0 cm³/mol. The second-order valence-electron chi connectivity index (χ2n) is 3.83. The number of hydrogen-bond acceptors (Lipinski definition) is 3. The molecular formula is C9H19NOS. The van der Waals surface area contributed by atoms with Crippen molar-refractivity contribution in [1.29, 1.82) is 0 Å². The van der Waals surface area contributed by atoms with E-state index >= 15 is 0 Å². The van der Waals surface area contributed by atoms with E-state index in [1.165, 1.54) is 0 Å². The van der Waals surface area contributed by atoms with Crippen LogP contribution in [-0.4, -0.2) is 35.4 Å². The average Bonchev–Trinajstić information content (AvgIpc) is 2.03. The lowest BCUT2D eigenvalue weighted by molar-refractivity contribution is 0.0799. The van der Waals surface area contributed by atoms with Crippen molar-refractivity contribution in [1.82, 2.24) is 4.31 Å². The summed E-state index contributed by atoms with van der Waals surface area (Å²) in [7, 11) is 0. The van der Waals surface area contributed by atoms with Gasteiger partial charge >= 0.3 is 0 Å². The van der Waals surface area contributed by atoms with Crippen LogP contribution in [-0.2, 0) is 0 Å². The van der Waals surface area contributed by atoms with Crippen molar-refractivity contribution in [3.63, 3.8) is 0 Å². The zero-order valence-electron chi connectivity index (χ0n) is 8.16. The lowest BCUT2D eigenvalue weighted by Crippen LogP contribution is -2.42. The molecule has 3 heteroatoms. The van der Waals surface area contributed by atoms with Gasteiger partial charge in [0.15, 0.2) is 0 Å². The highest BCUT2D eigenvalue weighted by molar-refractivity contribution is 7.96. The van der Waals surface area contributed by atoms with Crippen molar-refractivity contribution in [3.05, 3.63) is 0 Å². The van der Waals surface area contributed by atoms with Gasteiger partial charge in [0.2, 0.25) is 0 Å². The van der Waals surface area contributed by atoms with Gasteiger partial charge in [-0.05, 0) is 24.0 Å². The second kappa shape index (κ2) is 4.49. The lowest BCUT2D eigenvalue weighted by atomic mass is 9.81. The summed E-state index contributed by atoms with van der Waals surface area (Å²) in [6.45, 7) is 7.07. The Morgan fingerprint density at radius 1 is 1.33 bits per heavy atom. The summed E-state index contributed by atoms with van der Waals surface area (Å²) < 4.78 is 2.39. The molecule has 1 aliphatic heterocycles. The first-order valence-corrected chi connectivity index (χ1v) is 5.77. The second-order valence-corrected chi connectivity index (χ2v) is 4.71. The van der Waals surface area contributed by atoms with Crippen LogP contribution in [0, 0.1) is 17.8 Å². The lowest BCUT2D eigenvalue weighted by Gasteiger charge is -2.39. The molecule has 1 unspecified atom stereocenters. The number of rotatable bonds is 2. The fourth-order valence-electron chi connectivity index (χ4n) is 2.06. The van der Waals surface area contributed by atoms with Crippen molar-refractivity contribution in [2.24, 2.45) is 17.8 Å². The third kappa shape index (κ3) is 2.15. The first-order chi connectivity index (χ1) is 5.69. The van der Waals surface area contributed by atoms with Gasteiger partial charge in [0.05, 0.1) is 0 Å². The molecule has 3 atom stereocenters. The number of aliphatic hydroxyl groups is 1. The smallest absolute Gasteiger partial charge is 0.0465 e. The average molecular weight is 189 g/mol. The minimum absolute atomic E-state index is 0.352. The zero-order valence-corrected chi connectivity index (χ0v) is 8.97. The molecule has 0 amide bonds. The van der Waals surface area contributed by atoms with Gasteiger partial charge in [0.25, 0.3) is 0 Å². The van der Waals surface area contributed by atoms with Crippen LogP contribution in [0.5, 0.6) is 0 Å². The maximum absolute atomic E-state index is 9.17. The van der Waals surface area contributed by atoms with Gasteiger partial charge in [-0.25, -0.2) is 0 Å². The highest BCUT2D eigenvalue weighted by atomic mass is 32.2. The van der Waals surface area contributed by atoms with Gasteiger partial charge in [0, 0.05) is 19.7 Å². The fourth-order valence-corrected chi connectivity index (χ4v) is 2.83. The maximum atomic E-state index is 9.17. The predicted octanol–water partition coefficient (Wildman–Crippen LogP) is 1.46. The van der Waals surface area contributed by atoms with Crippen LogP contribution < -0.4 is 0 Å². The molecule has 0 aromatic carbocycles. The van der Waals surface area contributed by atoms with Crippen LogP contribution >= 0.6 is 11.9 Å². The van der Waals surface area contributed by atoms with E-state index < -0.39 is 0 Å². The van der Waals surface area contributed by atoms with Gasteiger partial charge in [0.1, 0.15) is 0 Å². The van der Waals surface area contributed by atoms with E-state index in [4.69, 9.17) is 5.11 Å². The van der Waals surface area contributed by atoms with Crippen molar-refractivity contribution in [3.8, 4) is 0 Å². The van der Waals surface area contributed by atoms with Crippen molar-refractivity contribution in [2.45, 2.75) is 13.8 Å². The van der Waals surface area contributed by atoms with Crippen LogP contribution in [0.2, 0.25) is 0 Å². The van der Waals surface area contributed by atoms with E-state index in [1.54, 1.807) is 0 Å². The van der Waals surface area contributed by atoms with Gasteiger partial charge < -0.3 is 5.11 Å². The molecule has 0 bridgehead atoms. The Morgan fingerprint density at radius 3 is 2.17 bits per heavy atom. The zero-order chi connectivity index (χ0) is 9.14. The molecule has 2 nitrogen and oxygen atoms in total. The summed E-state index contributed by atoms with van der Waals surface area (Å²) in [5, 5.41) is 9.17. The monoisotopic (exact) mass is 189 g/mol. The van der Waals surface area contributed by atoms with Crippen LogP contribution in [0.25, 0.3) is 0 Å². The molecule has 0 aromatic heterocycles. The Kier molecular flexibility index (Phi) is 3.87. The molecule has 1 heterocycles. The molecule has 1 fully saturated rings. The normalized spacial score (nSPS) is 38.5. The highest BCUT2D eigenvalue weighted by Crippen LogP contribution is 2.30. The first-order valence-electron chi connectivity index (χ1n) is 4.59. The Morgan fingerprint density at radius 2 is 1.83 bits per heavy atom. The number of hydrogen-bond donors (Lipinski definition) is 1. The standard InChI is InChI=1S/C9H19NOS/c1-7-4-10(12-3)5-8(2)9(7)6-11/h7-9,11H,4-6H2,1-3H3/t7-,8+,9?. The molecule has 1 rings (SSSR count). The third-order valence-corrected chi connectivity index (χ3v) is 3.73. The van der Waals surface area contributed by atoms with Gasteiger partial charge in [-0.15, -0.1) is 0 Å². The maximum Gasteiger partial charge on any atom is 0.0465 e. The van der Waals surface area contributed by atoms with Crippen molar-refractivity contribution in [2.75, 3.05) is 26.0 Å². The Balaban J connectivity index is 2.51. The largest absolute Gasteiger partial charge is 0.396 e. The van der Waals surface area contributed by atoms with Crippen LogP contribution in [0.4, 0.5) is 0 Å². The minimum atomic E-state index is 0.352. The summed E-state index contributed by atoms with van der Waals surface area (Å²) in [6, 6.07) is 0. The molecule has 0 aromatic rings. The van der Waals surface area contributed by atoms with Gasteiger partial charge in [-0.1, -0.05) is 25.8 Å². The Bertz CT molecular complexity index is 130. The summed E-state index contributed by atoms with van der Waals surface area (Å²) in [5.41, 5.74) is 0. The summed E-state index contributed by atoms with van der Waals surface area (Å²) in [6.07, 6.45) is 2.12. The molecule has 1 saturated heterocycles. The molecular weight excluding hydrogens is 170 g/mol. The molecule has 0 spiro atoms. The summed E-state index contributed by atoms with van der Waals surface area (Å²) >= 11 is 1.82. The highest BCUT2D eigenvalue weighted by Gasteiger charge is 2.30. The number of nitrogens with zero attached hydrogens (tertiary/aromatic N) is 1. The van der Waals surface area contributed by atoms with Gasteiger partial charge in [-0.3, -0.25) is 4.31 Å². The quantitative estimate of drug-likeness (QED) is 0.665. The number of piperidine rings is 1. The number of aliphatic hydroxyl groups excluding tert-OH is 1. The Hall–Kier alpha value is 0.270. The van der Waals surface area contributed by atoms with Crippen LogP contribution in [0.3, 0.4) is 0 Å². The summed E-state index contributed by atoms with van der Waals surface area (Å²) in [4.78, 5) is 0. The van der Waals surface area contributed by atoms with E-state index in [0.29, 0.717) is 24.4 Å². The molecule has 12 heavy (non-hydrogen) atoms. The van der Waals surface area contributed by atoms with E-state index in [0.717, 1.165) is 13.1 Å². The minimum Gasteiger partial charge on any atom is -0.396 e. The van der Waals surface area contributed by atoms with E-state index in [9.17, 15) is 0 Å². The fraction of sp³-hybridized carbons (Fsp3) is 1.00. The first kappa shape index (κ1) is 10.4. The van der Waals surface area contributed by atoms with Crippen LogP contribution in [0.1, 0.15) is 13.8 Å². The summed E-state index contributed by atoms with van der Waals surface area (Å²) in [5.74, 6) is 1.77. The van der Waals surface area contributed by atoms with Crippen molar-refractivity contribution >= 4 is 11.9 Å². The van der Waals surface area contributed by atoms with Crippen molar-refractivity contribution < 1.29 is 5.11 Å². The SMILES string of the molecule is CSN1C[C@@H](C)C(CO)[C@@H](C)C1. The molecule has 1 aliphatic rings. The van der Waals surface area contributed by atoms with E-state index in [1.807, 2.05) is 11.9 Å². The van der Waals surface area contributed by atoms with E-state index in [2.05, 4.69) is 24.4 Å². The molecule has 0 saturated carbocycles. The third-order valence-electron chi connectivity index (χ3n) is 2.91. The van der Waals surface area contributed by atoms with Gasteiger partial charge in [-0.2, -0.15) is 0 Å². The topological polar surface area (TPSA) is 23.5 Å². The molecule has 1 N–H and O–H groups in total.